The smallest absolute Gasteiger partial charge is 0.385 e. The maximum Gasteiger partial charge on any atom is 0.417 e. The molecule has 0 spiro atoms. The quantitative estimate of drug-likeness (QED) is 0.552. The zero-order chi connectivity index (χ0) is 12.3. The molecule has 0 aliphatic carbocycles. The summed E-state index contributed by atoms with van der Waals surface area (Å²) in [5, 5.41) is 9.86. The number of hydrogen-bond acceptors (Lipinski definition) is 2. The summed E-state index contributed by atoms with van der Waals surface area (Å²) in [6, 6.07) is 3.62. The molecule has 1 aromatic rings. The van der Waals surface area contributed by atoms with Crippen molar-refractivity contribution in [2.75, 3.05) is 11.9 Å². The van der Waals surface area contributed by atoms with Gasteiger partial charge in [0.05, 0.1) is 5.56 Å². The first kappa shape index (κ1) is 12.4. The summed E-state index contributed by atoms with van der Waals surface area (Å²) < 4.78 is 37.9. The van der Waals surface area contributed by atoms with Crippen molar-refractivity contribution in [1.82, 2.24) is 0 Å². The van der Waals surface area contributed by atoms with Crippen molar-refractivity contribution in [3.8, 4) is 0 Å². The molecule has 0 radical (unpaired) electrons. The van der Waals surface area contributed by atoms with Crippen LogP contribution in [-0.2, 0) is 6.18 Å². The van der Waals surface area contributed by atoms with Crippen LogP contribution in [0.2, 0.25) is 0 Å². The largest absolute Gasteiger partial charge is 0.417 e. The van der Waals surface area contributed by atoms with Gasteiger partial charge in [-0.25, -0.2) is 0 Å². The highest BCUT2D eigenvalue weighted by molar-refractivity contribution is 5.97. The number of anilines is 1. The Morgan fingerprint density at radius 2 is 2.06 bits per heavy atom. The lowest BCUT2D eigenvalue weighted by Gasteiger charge is -2.14. The molecular formula is C10H12F3N3. The SMILES string of the molecule is CCNc1ccc(C(=N)N)c(C(F)(F)F)c1. The molecule has 1 rings (SSSR count). The van der Waals surface area contributed by atoms with Crippen LogP contribution in [0.1, 0.15) is 18.1 Å². The Balaban J connectivity index is 3.27. The van der Waals surface area contributed by atoms with Gasteiger partial charge in [0, 0.05) is 17.8 Å². The summed E-state index contributed by atoms with van der Waals surface area (Å²) >= 11 is 0. The third kappa shape index (κ3) is 2.65. The van der Waals surface area contributed by atoms with E-state index < -0.39 is 17.6 Å². The lowest BCUT2D eigenvalue weighted by atomic mass is 10.1. The first-order valence-electron chi connectivity index (χ1n) is 4.65. The van der Waals surface area contributed by atoms with Gasteiger partial charge >= 0.3 is 6.18 Å². The molecule has 4 N–H and O–H groups in total. The van der Waals surface area contributed by atoms with Crippen molar-refractivity contribution < 1.29 is 13.2 Å². The highest BCUT2D eigenvalue weighted by atomic mass is 19.4. The summed E-state index contributed by atoms with van der Waals surface area (Å²) in [7, 11) is 0. The van der Waals surface area contributed by atoms with Crippen LogP contribution in [0.4, 0.5) is 18.9 Å². The Hall–Kier alpha value is -1.72. The summed E-state index contributed by atoms with van der Waals surface area (Å²) in [4.78, 5) is 0. The molecule has 0 unspecified atom stereocenters. The highest BCUT2D eigenvalue weighted by Gasteiger charge is 2.34. The molecule has 6 heteroatoms. The average molecular weight is 231 g/mol. The molecule has 0 amide bonds. The number of amidine groups is 1. The highest BCUT2D eigenvalue weighted by Crippen LogP contribution is 2.33. The number of hydrogen-bond donors (Lipinski definition) is 3. The van der Waals surface area contributed by atoms with Crippen LogP contribution in [0.25, 0.3) is 0 Å². The molecule has 0 aromatic heterocycles. The maximum atomic E-state index is 12.6. The fraction of sp³-hybridized carbons (Fsp3) is 0.300. The molecule has 16 heavy (non-hydrogen) atoms. The molecule has 0 atom stereocenters. The number of nitrogens with one attached hydrogen (secondary N) is 2. The van der Waals surface area contributed by atoms with E-state index in [2.05, 4.69) is 5.32 Å². The van der Waals surface area contributed by atoms with E-state index in [-0.39, 0.29) is 5.56 Å². The lowest BCUT2D eigenvalue weighted by Crippen LogP contribution is -2.19. The predicted molar refractivity (Wildman–Crippen MR) is 56.6 cm³/mol. The third-order valence-electron chi connectivity index (χ3n) is 2.00. The van der Waals surface area contributed by atoms with Crippen LogP contribution in [0, 0.1) is 5.41 Å². The molecule has 0 saturated heterocycles. The second-order valence-corrected chi connectivity index (χ2v) is 3.20. The van der Waals surface area contributed by atoms with E-state index in [9.17, 15) is 13.2 Å². The van der Waals surface area contributed by atoms with Gasteiger partial charge in [-0.1, -0.05) is 0 Å². The Labute approximate surface area is 91.0 Å². The molecule has 88 valence electrons. The summed E-state index contributed by atoms with van der Waals surface area (Å²) in [5.74, 6) is -0.588. The van der Waals surface area contributed by atoms with E-state index in [1.165, 1.54) is 12.1 Å². The van der Waals surface area contributed by atoms with Crippen molar-refractivity contribution in [3.05, 3.63) is 29.3 Å². The molecule has 0 bridgehead atoms. The minimum absolute atomic E-state index is 0.297. The topological polar surface area (TPSA) is 61.9 Å². The van der Waals surface area contributed by atoms with Crippen molar-refractivity contribution in [2.24, 2.45) is 5.73 Å². The minimum atomic E-state index is -4.51. The van der Waals surface area contributed by atoms with E-state index in [1.54, 1.807) is 6.92 Å². The molecule has 3 nitrogen and oxygen atoms in total. The van der Waals surface area contributed by atoms with Gasteiger partial charge in [-0.05, 0) is 25.1 Å². The molecule has 0 fully saturated rings. The van der Waals surface area contributed by atoms with E-state index in [0.717, 1.165) is 6.07 Å². The minimum Gasteiger partial charge on any atom is -0.385 e. The summed E-state index contributed by atoms with van der Waals surface area (Å²) in [6.07, 6.45) is -4.51. The van der Waals surface area contributed by atoms with Crippen molar-refractivity contribution in [3.63, 3.8) is 0 Å². The fourth-order valence-corrected chi connectivity index (χ4v) is 1.33. The van der Waals surface area contributed by atoms with Crippen molar-refractivity contribution in [1.29, 1.82) is 5.41 Å². The van der Waals surface area contributed by atoms with Crippen molar-refractivity contribution in [2.45, 2.75) is 13.1 Å². The molecule has 1 aromatic carbocycles. The number of alkyl halides is 3. The van der Waals surface area contributed by atoms with E-state index in [4.69, 9.17) is 11.1 Å². The van der Waals surface area contributed by atoms with Gasteiger partial charge < -0.3 is 11.1 Å². The summed E-state index contributed by atoms with van der Waals surface area (Å²) in [6.45, 7) is 2.31. The van der Waals surface area contributed by atoms with Crippen LogP contribution < -0.4 is 11.1 Å². The third-order valence-corrected chi connectivity index (χ3v) is 2.00. The Kier molecular flexibility index (Phi) is 3.41. The average Bonchev–Trinajstić information content (AvgIpc) is 2.16. The van der Waals surface area contributed by atoms with Crippen LogP contribution in [-0.4, -0.2) is 12.4 Å². The number of benzene rings is 1. The van der Waals surface area contributed by atoms with E-state index in [0.29, 0.717) is 12.2 Å². The number of rotatable bonds is 3. The van der Waals surface area contributed by atoms with Gasteiger partial charge in [-0.15, -0.1) is 0 Å². The standard InChI is InChI=1S/C10H12F3N3/c1-2-16-6-3-4-7(9(14)15)8(5-6)10(11,12)13/h3-5,16H,2H2,1H3,(H3,14,15). The fourth-order valence-electron chi connectivity index (χ4n) is 1.33. The van der Waals surface area contributed by atoms with E-state index in [1.807, 2.05) is 0 Å². The number of halogens is 3. The molecule has 0 aliphatic heterocycles. The van der Waals surface area contributed by atoms with Crippen molar-refractivity contribution >= 4 is 11.5 Å². The van der Waals surface area contributed by atoms with Gasteiger partial charge in [0.25, 0.3) is 0 Å². The van der Waals surface area contributed by atoms with E-state index >= 15 is 0 Å². The predicted octanol–water partition coefficient (Wildman–Crippen LogP) is 2.42. The van der Waals surface area contributed by atoms with Crippen LogP contribution in [0.5, 0.6) is 0 Å². The maximum absolute atomic E-state index is 12.6. The zero-order valence-electron chi connectivity index (χ0n) is 8.65. The van der Waals surface area contributed by atoms with Crippen LogP contribution in [0.15, 0.2) is 18.2 Å². The van der Waals surface area contributed by atoms with Gasteiger partial charge in [0.1, 0.15) is 5.84 Å². The number of nitrogen functional groups attached to an aromatic ring is 1. The second-order valence-electron chi connectivity index (χ2n) is 3.20. The molecule has 0 saturated carbocycles. The Morgan fingerprint density at radius 1 is 1.44 bits per heavy atom. The lowest BCUT2D eigenvalue weighted by molar-refractivity contribution is -0.137. The van der Waals surface area contributed by atoms with Gasteiger partial charge in [-0.3, -0.25) is 5.41 Å². The van der Waals surface area contributed by atoms with Gasteiger partial charge in [0.2, 0.25) is 0 Å². The zero-order valence-corrected chi connectivity index (χ0v) is 8.65. The first-order valence-corrected chi connectivity index (χ1v) is 4.65. The normalized spacial score (nSPS) is 11.2. The second kappa shape index (κ2) is 4.42. The van der Waals surface area contributed by atoms with Gasteiger partial charge in [-0.2, -0.15) is 13.2 Å². The Morgan fingerprint density at radius 3 is 2.50 bits per heavy atom. The molecular weight excluding hydrogens is 219 g/mol. The van der Waals surface area contributed by atoms with Crippen LogP contribution in [0.3, 0.4) is 0 Å². The number of nitrogens with two attached hydrogens (primary N) is 1. The monoisotopic (exact) mass is 231 g/mol. The Bertz CT molecular complexity index is 399. The summed E-state index contributed by atoms with van der Waals surface area (Å²) in [5.41, 5.74) is 4.27. The molecule has 0 aliphatic rings. The first-order chi connectivity index (χ1) is 7.36. The van der Waals surface area contributed by atoms with Crippen LogP contribution >= 0.6 is 0 Å². The van der Waals surface area contributed by atoms with Gasteiger partial charge in [0.15, 0.2) is 0 Å². The molecule has 0 heterocycles.